The number of aromatic nitrogens is 1. The summed E-state index contributed by atoms with van der Waals surface area (Å²) in [6.07, 6.45) is -0.398. The molecule has 0 spiro atoms. The normalized spacial score (nSPS) is 17.1. The van der Waals surface area contributed by atoms with E-state index in [9.17, 15) is 14.4 Å². The van der Waals surface area contributed by atoms with Crippen molar-refractivity contribution < 1.29 is 19.1 Å². The van der Waals surface area contributed by atoms with Crippen LogP contribution in [0.4, 0.5) is 5.69 Å². The van der Waals surface area contributed by atoms with Gasteiger partial charge in [0.1, 0.15) is 16.3 Å². The fourth-order valence-electron chi connectivity index (χ4n) is 5.55. The number of allylic oxidation sites excluding steroid dienone is 1. The van der Waals surface area contributed by atoms with Crippen LogP contribution in [0.25, 0.3) is 5.57 Å². The molecule has 0 saturated carbocycles. The third-order valence-electron chi connectivity index (χ3n) is 7.38. The Morgan fingerprint density at radius 1 is 1.05 bits per heavy atom. The maximum Gasteiger partial charge on any atom is 0.338 e. The first-order valence-electron chi connectivity index (χ1n) is 13.7. The summed E-state index contributed by atoms with van der Waals surface area (Å²) >= 11 is 7.55. The SMILES string of the molecule is COc1ccc(Cl)cc1[C@H]1C(C(=O)OC(C)C)=C(C)N=c2s/c(=C3/C(=O)N(Cc4ccccc4)c4ccccc43)c(=O)n21. The number of carbonyl (C=O) groups excluding carboxylic acids is 2. The van der Waals surface area contributed by atoms with Crippen LogP contribution >= 0.6 is 22.9 Å². The Morgan fingerprint density at radius 3 is 2.49 bits per heavy atom. The molecule has 0 bridgehead atoms. The van der Waals surface area contributed by atoms with Crippen LogP contribution in [0, 0.1) is 0 Å². The van der Waals surface area contributed by atoms with E-state index in [1.54, 1.807) is 43.9 Å². The van der Waals surface area contributed by atoms with Gasteiger partial charge in [-0.3, -0.25) is 14.2 Å². The highest BCUT2D eigenvalue weighted by molar-refractivity contribution is 7.07. The number of hydrogen-bond acceptors (Lipinski definition) is 7. The molecule has 3 aromatic carbocycles. The van der Waals surface area contributed by atoms with Gasteiger partial charge in [-0.05, 0) is 50.6 Å². The molecular formula is C33H28ClN3O5S. The van der Waals surface area contributed by atoms with E-state index in [0.717, 1.165) is 22.6 Å². The summed E-state index contributed by atoms with van der Waals surface area (Å²) < 4.78 is 12.9. The van der Waals surface area contributed by atoms with Crippen LogP contribution in [-0.2, 0) is 20.9 Å². The quantitative estimate of drug-likeness (QED) is 0.292. The van der Waals surface area contributed by atoms with E-state index in [0.29, 0.717) is 44.5 Å². The number of benzene rings is 3. The van der Waals surface area contributed by atoms with Crippen molar-refractivity contribution in [2.24, 2.45) is 4.99 Å². The molecule has 0 N–H and O–H groups in total. The van der Waals surface area contributed by atoms with Gasteiger partial charge in [0.15, 0.2) is 4.80 Å². The summed E-state index contributed by atoms with van der Waals surface area (Å²) in [6.45, 7) is 5.57. The molecule has 0 unspecified atom stereocenters. The Labute approximate surface area is 256 Å². The largest absolute Gasteiger partial charge is 0.496 e. The minimum absolute atomic E-state index is 0.196. The monoisotopic (exact) mass is 613 g/mol. The topological polar surface area (TPSA) is 90.2 Å². The zero-order chi connectivity index (χ0) is 30.4. The number of esters is 1. The molecule has 0 saturated heterocycles. The fraction of sp³-hybridized carbons (Fsp3) is 0.212. The van der Waals surface area contributed by atoms with Gasteiger partial charge < -0.3 is 14.4 Å². The Kier molecular flexibility index (Phi) is 7.54. The van der Waals surface area contributed by atoms with Gasteiger partial charge in [-0.1, -0.05) is 71.5 Å². The van der Waals surface area contributed by atoms with Crippen LogP contribution in [0.3, 0.4) is 0 Å². The van der Waals surface area contributed by atoms with Gasteiger partial charge in [-0.15, -0.1) is 0 Å². The lowest BCUT2D eigenvalue weighted by molar-refractivity contribution is -0.143. The lowest BCUT2D eigenvalue weighted by Crippen LogP contribution is -2.41. The van der Waals surface area contributed by atoms with Crippen LogP contribution in [0.5, 0.6) is 5.75 Å². The number of nitrogens with zero attached hydrogens (tertiary/aromatic N) is 3. The molecule has 1 atom stereocenters. The van der Waals surface area contributed by atoms with Gasteiger partial charge in [0.05, 0.1) is 42.3 Å². The summed E-state index contributed by atoms with van der Waals surface area (Å²) in [7, 11) is 1.51. The second-order valence-electron chi connectivity index (χ2n) is 10.5. The number of methoxy groups -OCH3 is 1. The maximum atomic E-state index is 14.5. The maximum absolute atomic E-state index is 14.5. The Hall–Kier alpha value is -4.47. The molecule has 43 heavy (non-hydrogen) atoms. The third-order valence-corrected chi connectivity index (χ3v) is 8.67. The first-order valence-corrected chi connectivity index (χ1v) is 14.9. The van der Waals surface area contributed by atoms with Crippen LogP contribution < -0.4 is 24.5 Å². The van der Waals surface area contributed by atoms with Crippen molar-refractivity contribution in [3.63, 3.8) is 0 Å². The molecule has 2 aliphatic rings. The number of amides is 1. The van der Waals surface area contributed by atoms with Gasteiger partial charge in [0.2, 0.25) is 0 Å². The average molecular weight is 614 g/mol. The highest BCUT2D eigenvalue weighted by Crippen LogP contribution is 2.39. The molecule has 10 heteroatoms. The Balaban J connectivity index is 1.61. The highest BCUT2D eigenvalue weighted by atomic mass is 35.5. The number of ether oxygens (including phenoxy) is 2. The molecule has 8 nitrogen and oxygen atoms in total. The number of fused-ring (bicyclic) bond motifs is 2. The lowest BCUT2D eigenvalue weighted by atomic mass is 9.95. The van der Waals surface area contributed by atoms with Crippen LogP contribution in [0.15, 0.2) is 93.9 Å². The Morgan fingerprint density at radius 2 is 1.77 bits per heavy atom. The van der Waals surface area contributed by atoms with Gasteiger partial charge in [-0.2, -0.15) is 0 Å². The molecule has 1 amide bonds. The van der Waals surface area contributed by atoms with E-state index in [4.69, 9.17) is 21.1 Å². The van der Waals surface area contributed by atoms with Gasteiger partial charge in [-0.25, -0.2) is 9.79 Å². The summed E-state index contributed by atoms with van der Waals surface area (Å²) in [5, 5.41) is 0.406. The zero-order valence-electron chi connectivity index (χ0n) is 24.0. The smallest absolute Gasteiger partial charge is 0.338 e. The fourth-order valence-corrected chi connectivity index (χ4v) is 6.86. The van der Waals surface area contributed by atoms with Gasteiger partial charge in [0, 0.05) is 16.1 Å². The van der Waals surface area contributed by atoms with Crippen molar-refractivity contribution in [1.29, 1.82) is 0 Å². The van der Waals surface area contributed by atoms with Crippen LogP contribution in [0.1, 0.15) is 43.5 Å². The number of hydrogen-bond donors (Lipinski definition) is 0. The summed E-state index contributed by atoms with van der Waals surface area (Å²) in [4.78, 5) is 48.8. The van der Waals surface area contributed by atoms with E-state index in [2.05, 4.69) is 4.99 Å². The average Bonchev–Trinajstić information content (AvgIpc) is 3.44. The molecule has 4 aromatic rings. The summed E-state index contributed by atoms with van der Waals surface area (Å²) in [5.41, 5.74) is 3.31. The molecule has 2 aliphatic heterocycles. The number of rotatable bonds is 6. The van der Waals surface area contributed by atoms with Crippen molar-refractivity contribution in [3.05, 3.63) is 125 Å². The van der Waals surface area contributed by atoms with Crippen molar-refractivity contribution in [2.45, 2.75) is 39.5 Å². The van der Waals surface area contributed by atoms with Gasteiger partial charge >= 0.3 is 5.97 Å². The first-order chi connectivity index (χ1) is 20.7. The highest BCUT2D eigenvalue weighted by Gasteiger charge is 2.38. The minimum atomic E-state index is -0.947. The van der Waals surface area contributed by atoms with Crippen molar-refractivity contribution in [1.82, 2.24) is 4.57 Å². The van der Waals surface area contributed by atoms with E-state index in [1.165, 1.54) is 11.7 Å². The predicted octanol–water partition coefficient (Wildman–Crippen LogP) is 4.77. The number of anilines is 1. The molecule has 1 aromatic heterocycles. The van der Waals surface area contributed by atoms with E-state index in [1.807, 2.05) is 54.6 Å². The molecular weight excluding hydrogens is 586 g/mol. The second kappa shape index (κ2) is 11.3. The zero-order valence-corrected chi connectivity index (χ0v) is 25.5. The summed E-state index contributed by atoms with van der Waals surface area (Å²) in [6, 6.07) is 21.2. The minimum Gasteiger partial charge on any atom is -0.496 e. The van der Waals surface area contributed by atoms with E-state index < -0.39 is 23.7 Å². The molecule has 6 rings (SSSR count). The standard InChI is InChI=1S/C33H28ClN3O5S/c1-18(2)42-32(40)26-19(3)35-33-37(28(26)23-16-21(34)14-15-25(23)41-4)31(39)29(43-33)27-22-12-8-9-13-24(22)36(30(27)38)17-20-10-6-5-7-11-20/h5-16,18,28H,17H2,1-4H3/b29-27+/t28-/m0/s1. The molecule has 0 radical (unpaired) electrons. The van der Waals surface area contributed by atoms with E-state index in [-0.39, 0.29) is 16.0 Å². The lowest BCUT2D eigenvalue weighted by Gasteiger charge is -2.26. The second-order valence-corrected chi connectivity index (χ2v) is 11.9. The molecule has 0 fully saturated rings. The first kappa shape index (κ1) is 28.6. The van der Waals surface area contributed by atoms with E-state index >= 15 is 0 Å². The van der Waals surface area contributed by atoms with Crippen LogP contribution in [0.2, 0.25) is 5.02 Å². The van der Waals surface area contributed by atoms with Crippen LogP contribution in [-0.4, -0.2) is 29.7 Å². The van der Waals surface area contributed by atoms with Crippen molar-refractivity contribution >= 4 is 46.1 Å². The number of thiazole rings is 1. The number of para-hydroxylation sites is 1. The predicted molar refractivity (Wildman–Crippen MR) is 166 cm³/mol. The van der Waals surface area contributed by atoms with Crippen molar-refractivity contribution in [2.75, 3.05) is 12.0 Å². The van der Waals surface area contributed by atoms with Gasteiger partial charge in [0.25, 0.3) is 11.5 Å². The molecule has 3 heterocycles. The number of carbonyl (C=O) groups is 2. The Bertz CT molecular complexity index is 1990. The number of halogens is 1. The third kappa shape index (κ3) is 4.98. The molecule has 0 aliphatic carbocycles. The van der Waals surface area contributed by atoms with Crippen molar-refractivity contribution in [3.8, 4) is 5.75 Å². The molecule has 218 valence electrons. The summed E-state index contributed by atoms with van der Waals surface area (Å²) in [5.74, 6) is -0.437.